The van der Waals surface area contributed by atoms with Crippen molar-refractivity contribution < 1.29 is 4.79 Å². The van der Waals surface area contributed by atoms with Crippen molar-refractivity contribution in [1.29, 1.82) is 0 Å². The first-order valence-corrected chi connectivity index (χ1v) is 5.33. The van der Waals surface area contributed by atoms with Crippen LogP contribution in [0.2, 0.25) is 0 Å². The third-order valence-corrected chi connectivity index (χ3v) is 3.23. The molecule has 0 aromatic rings. The van der Waals surface area contributed by atoms with E-state index >= 15 is 0 Å². The lowest BCUT2D eigenvalue weighted by atomic mass is 10.1. The number of urea groups is 1. The summed E-state index contributed by atoms with van der Waals surface area (Å²) in [4.78, 5) is 13.3. The zero-order valence-electron chi connectivity index (χ0n) is 7.70. The quantitative estimate of drug-likeness (QED) is 0.618. The Morgan fingerprint density at radius 2 is 2.31 bits per heavy atom. The molecule has 4 nitrogen and oxygen atoms in total. The molecule has 2 saturated heterocycles. The van der Waals surface area contributed by atoms with Gasteiger partial charge in [0.25, 0.3) is 0 Å². The lowest BCUT2D eigenvalue weighted by Crippen LogP contribution is -2.46. The number of piperidine rings is 1. The summed E-state index contributed by atoms with van der Waals surface area (Å²) in [7, 11) is 2.72. The summed E-state index contributed by atoms with van der Waals surface area (Å²) in [6.07, 6.45) is 2.34. The van der Waals surface area contributed by atoms with Crippen molar-refractivity contribution in [2.75, 3.05) is 26.2 Å². The van der Waals surface area contributed by atoms with Crippen LogP contribution in [0.5, 0.6) is 0 Å². The highest BCUT2D eigenvalue weighted by atomic mass is 31.0. The van der Waals surface area contributed by atoms with Gasteiger partial charge in [-0.05, 0) is 12.8 Å². The summed E-state index contributed by atoms with van der Waals surface area (Å²) in [6.45, 7) is 3.82. The maximum Gasteiger partial charge on any atom is 0.317 e. The second-order valence-corrected chi connectivity index (χ2v) is 4.45. The van der Waals surface area contributed by atoms with Gasteiger partial charge in [-0.1, -0.05) is 9.39 Å². The molecule has 74 valence electrons. The van der Waals surface area contributed by atoms with Crippen molar-refractivity contribution in [3.8, 4) is 0 Å². The van der Waals surface area contributed by atoms with E-state index in [1.165, 1.54) is 6.42 Å². The van der Waals surface area contributed by atoms with E-state index in [1.807, 2.05) is 4.90 Å². The Bertz CT molecular complexity index is 212. The number of amides is 2. The van der Waals surface area contributed by atoms with Crippen LogP contribution in [0.3, 0.4) is 0 Å². The van der Waals surface area contributed by atoms with Crippen LogP contribution in [-0.4, -0.2) is 47.8 Å². The van der Waals surface area contributed by atoms with Gasteiger partial charge < -0.3 is 10.2 Å². The molecule has 0 aromatic carbocycles. The first-order chi connectivity index (χ1) is 6.27. The van der Waals surface area contributed by atoms with E-state index in [9.17, 15) is 4.79 Å². The molecule has 2 amide bonds. The average molecular weight is 201 g/mol. The Morgan fingerprint density at radius 1 is 1.46 bits per heavy atom. The second-order valence-electron chi connectivity index (χ2n) is 3.72. The molecule has 2 fully saturated rings. The van der Waals surface area contributed by atoms with Crippen LogP contribution in [-0.2, 0) is 0 Å². The molecule has 5 heteroatoms. The third-order valence-electron chi connectivity index (χ3n) is 2.76. The van der Waals surface area contributed by atoms with Gasteiger partial charge in [-0.2, -0.15) is 0 Å². The minimum Gasteiger partial charge on any atom is -0.336 e. The van der Waals surface area contributed by atoms with Crippen molar-refractivity contribution in [2.24, 2.45) is 0 Å². The largest absolute Gasteiger partial charge is 0.336 e. The molecule has 0 radical (unpaired) electrons. The molecule has 2 aliphatic rings. The van der Waals surface area contributed by atoms with E-state index in [0.717, 1.165) is 32.6 Å². The maximum absolute atomic E-state index is 11.4. The van der Waals surface area contributed by atoms with Crippen molar-refractivity contribution in [2.45, 2.75) is 18.9 Å². The van der Waals surface area contributed by atoms with Crippen LogP contribution >= 0.6 is 9.39 Å². The van der Waals surface area contributed by atoms with Crippen LogP contribution in [0.15, 0.2) is 0 Å². The first-order valence-electron chi connectivity index (χ1n) is 4.81. The highest BCUT2D eigenvalue weighted by molar-refractivity contribution is 7.13. The number of carbonyl (C=O) groups excluding carboxylic acids is 1. The Labute approximate surface area is 80.9 Å². The molecule has 2 atom stereocenters. The number of rotatable bonds is 1. The van der Waals surface area contributed by atoms with Crippen LogP contribution < -0.4 is 5.32 Å². The van der Waals surface area contributed by atoms with Crippen LogP contribution in [0.25, 0.3) is 0 Å². The number of carbonyl (C=O) groups is 1. The van der Waals surface area contributed by atoms with Gasteiger partial charge in [0.2, 0.25) is 0 Å². The lowest BCUT2D eigenvalue weighted by molar-refractivity contribution is 0.167. The highest BCUT2D eigenvalue weighted by Gasteiger charge is 2.29. The van der Waals surface area contributed by atoms with Gasteiger partial charge in [-0.15, -0.1) is 0 Å². The monoisotopic (exact) mass is 201 g/mol. The summed E-state index contributed by atoms with van der Waals surface area (Å²) in [5, 5.41) is 2.84. The molecule has 0 bridgehead atoms. The van der Waals surface area contributed by atoms with E-state index in [-0.39, 0.29) is 6.03 Å². The topological polar surface area (TPSA) is 35.6 Å². The summed E-state index contributed by atoms with van der Waals surface area (Å²) < 4.78 is 2.22. The Kier molecular flexibility index (Phi) is 2.70. The molecule has 0 saturated carbocycles. The van der Waals surface area contributed by atoms with E-state index in [1.54, 1.807) is 0 Å². The Balaban J connectivity index is 1.95. The van der Waals surface area contributed by atoms with E-state index < -0.39 is 0 Å². The van der Waals surface area contributed by atoms with Gasteiger partial charge in [0.15, 0.2) is 0 Å². The van der Waals surface area contributed by atoms with E-state index in [2.05, 4.69) is 19.4 Å². The normalized spacial score (nSPS) is 30.7. The standard InChI is InChI=1S/C8H16N3OP/c12-8-9-3-5-11(8)7-2-1-4-10(13)6-7/h7H,1-6,13H2,(H,9,12). The molecule has 2 unspecified atom stereocenters. The summed E-state index contributed by atoms with van der Waals surface area (Å²) >= 11 is 0. The molecule has 0 aliphatic carbocycles. The second kappa shape index (κ2) is 3.81. The van der Waals surface area contributed by atoms with Gasteiger partial charge >= 0.3 is 6.03 Å². The zero-order chi connectivity index (χ0) is 9.26. The fraction of sp³-hybridized carbons (Fsp3) is 0.875. The van der Waals surface area contributed by atoms with E-state index in [0.29, 0.717) is 6.04 Å². The molecule has 13 heavy (non-hydrogen) atoms. The van der Waals surface area contributed by atoms with E-state index in [4.69, 9.17) is 0 Å². The third kappa shape index (κ3) is 1.94. The highest BCUT2D eigenvalue weighted by Crippen LogP contribution is 2.19. The summed E-state index contributed by atoms with van der Waals surface area (Å²) in [5.74, 6) is 0. The first kappa shape index (κ1) is 9.22. The number of nitrogens with one attached hydrogen (secondary N) is 1. The van der Waals surface area contributed by atoms with Gasteiger partial charge in [0.1, 0.15) is 0 Å². The molecule has 2 heterocycles. The van der Waals surface area contributed by atoms with Crippen LogP contribution in [0, 0.1) is 0 Å². The summed E-state index contributed by atoms with van der Waals surface area (Å²) in [5.41, 5.74) is 0. The molecule has 1 N–H and O–H groups in total. The molecular weight excluding hydrogens is 185 g/mol. The lowest BCUT2D eigenvalue weighted by Gasteiger charge is -2.34. The molecule has 0 aromatic heterocycles. The number of hydrogen-bond acceptors (Lipinski definition) is 2. The zero-order valence-corrected chi connectivity index (χ0v) is 8.85. The van der Waals surface area contributed by atoms with Crippen molar-refractivity contribution in [3.05, 3.63) is 0 Å². The molecule has 2 rings (SSSR count). The molecule has 2 aliphatic heterocycles. The number of hydrogen-bond donors (Lipinski definition) is 1. The summed E-state index contributed by atoms with van der Waals surface area (Å²) in [6, 6.07) is 0.541. The molecular formula is C8H16N3OP. The Hall–Kier alpha value is -0.340. The predicted molar refractivity (Wildman–Crippen MR) is 54.4 cm³/mol. The van der Waals surface area contributed by atoms with Crippen LogP contribution in [0.4, 0.5) is 4.79 Å². The maximum atomic E-state index is 11.4. The predicted octanol–water partition coefficient (Wildman–Crippen LogP) is 0.266. The van der Waals surface area contributed by atoms with Gasteiger partial charge in [-0.3, -0.25) is 4.67 Å². The Morgan fingerprint density at radius 3 is 2.92 bits per heavy atom. The number of nitrogens with zero attached hydrogens (tertiary/aromatic N) is 2. The van der Waals surface area contributed by atoms with Crippen molar-refractivity contribution in [1.82, 2.24) is 14.9 Å². The fourth-order valence-electron chi connectivity index (χ4n) is 2.07. The molecule has 0 spiro atoms. The van der Waals surface area contributed by atoms with Gasteiger partial charge in [0, 0.05) is 32.2 Å². The minimum absolute atomic E-state index is 0.116. The average Bonchev–Trinajstić information content (AvgIpc) is 2.51. The van der Waals surface area contributed by atoms with Gasteiger partial charge in [0.05, 0.1) is 0 Å². The smallest absolute Gasteiger partial charge is 0.317 e. The van der Waals surface area contributed by atoms with Crippen molar-refractivity contribution >= 4 is 15.4 Å². The van der Waals surface area contributed by atoms with Gasteiger partial charge in [-0.25, -0.2) is 4.79 Å². The van der Waals surface area contributed by atoms with Crippen LogP contribution in [0.1, 0.15) is 12.8 Å². The SMILES string of the molecule is O=C1NCCN1C1CCCN(P)C1. The fourth-order valence-corrected chi connectivity index (χ4v) is 2.50. The van der Waals surface area contributed by atoms with Crippen molar-refractivity contribution in [3.63, 3.8) is 0 Å². The minimum atomic E-state index is 0.116.